The van der Waals surface area contributed by atoms with Gasteiger partial charge in [0.05, 0.1) is 11.7 Å². The number of ether oxygens (including phenoxy) is 1. The second kappa shape index (κ2) is 13.6. The third-order valence-corrected chi connectivity index (χ3v) is 8.89. The van der Waals surface area contributed by atoms with Crippen LogP contribution >= 0.6 is 0 Å². The van der Waals surface area contributed by atoms with Crippen LogP contribution in [0.4, 0.5) is 4.79 Å². The first-order valence-corrected chi connectivity index (χ1v) is 16.4. The molecule has 12 nitrogen and oxygen atoms in total. The summed E-state index contributed by atoms with van der Waals surface area (Å²) < 4.78 is 5.48. The Balaban J connectivity index is 1.48. The van der Waals surface area contributed by atoms with E-state index in [0.29, 0.717) is 25.7 Å². The molecule has 248 valence electrons. The number of nitrogens with one attached hydrogen (secondary N) is 2. The van der Waals surface area contributed by atoms with Crippen molar-refractivity contribution >= 4 is 23.9 Å². The number of aromatic nitrogens is 3. The average Bonchev–Trinajstić information content (AvgIpc) is 3.31. The van der Waals surface area contributed by atoms with Crippen molar-refractivity contribution in [1.29, 1.82) is 0 Å². The minimum atomic E-state index is -1.41. The van der Waals surface area contributed by atoms with Gasteiger partial charge in [-0.05, 0) is 52.9 Å². The van der Waals surface area contributed by atoms with Gasteiger partial charge in [-0.2, -0.15) is 15.0 Å². The molecule has 1 aliphatic carbocycles. The molecule has 0 bridgehead atoms. The van der Waals surface area contributed by atoms with Crippen LogP contribution in [0.2, 0.25) is 0 Å². The maximum Gasteiger partial charge on any atom is 0.408 e. The highest BCUT2D eigenvalue weighted by atomic mass is 16.6. The van der Waals surface area contributed by atoms with Crippen LogP contribution in [-0.2, 0) is 25.5 Å². The van der Waals surface area contributed by atoms with E-state index in [9.17, 15) is 24.3 Å². The van der Waals surface area contributed by atoms with Gasteiger partial charge in [0, 0.05) is 24.4 Å². The van der Waals surface area contributed by atoms with Crippen molar-refractivity contribution in [2.75, 3.05) is 6.54 Å². The summed E-state index contributed by atoms with van der Waals surface area (Å²) in [5.74, 6) is -2.37. The highest BCUT2D eigenvalue weighted by Gasteiger charge is 2.61. The molecular formula is C34H46N6O6. The monoisotopic (exact) mass is 634 g/mol. The van der Waals surface area contributed by atoms with Crippen molar-refractivity contribution in [3.8, 4) is 11.3 Å². The van der Waals surface area contributed by atoms with Crippen molar-refractivity contribution in [1.82, 2.24) is 30.5 Å². The first-order valence-electron chi connectivity index (χ1n) is 16.4. The smallest absolute Gasteiger partial charge is 0.408 e. The number of carboxylic acids is 1. The lowest BCUT2D eigenvalue weighted by molar-refractivity contribution is -0.145. The Morgan fingerprint density at radius 2 is 1.89 bits per heavy atom. The van der Waals surface area contributed by atoms with Crippen molar-refractivity contribution in [2.24, 2.45) is 5.92 Å². The van der Waals surface area contributed by atoms with E-state index in [-0.39, 0.29) is 18.9 Å². The van der Waals surface area contributed by atoms with E-state index in [2.05, 4.69) is 17.6 Å². The highest BCUT2D eigenvalue weighted by molar-refractivity contribution is 5.96. The molecule has 2 aliphatic heterocycles. The van der Waals surface area contributed by atoms with Gasteiger partial charge in [-0.15, -0.1) is 0 Å². The van der Waals surface area contributed by atoms with Gasteiger partial charge in [-0.25, -0.2) is 9.59 Å². The molecule has 46 heavy (non-hydrogen) atoms. The third kappa shape index (κ3) is 7.42. The first kappa shape index (κ1) is 33.2. The number of fused-ring (bicyclic) bond motifs is 2. The average molecular weight is 635 g/mol. The number of aliphatic carboxylic acids is 1. The lowest BCUT2D eigenvalue weighted by Crippen LogP contribution is -2.56. The Labute approximate surface area is 269 Å². The van der Waals surface area contributed by atoms with E-state index >= 15 is 0 Å². The standard InChI is InChI=1S/C34H46N6O6/c1-5-14-25-28(22-15-10-9-11-16-22)38-40(37-25)24-19-27-29(41)36-34(31(43)44)20-23(34)17-12-7-6-8-13-18-26(30(42)39(27)21-24)35-32(45)46-33(2,3)4/h9-12,15-17,23-24,26-27H,5-8,13-14,18-21H2,1-4H3,(H,35,45)(H,36,41)(H,43,44)/b17-12-/t23?,24-,26?,27?,34?/m1/s1. The summed E-state index contributed by atoms with van der Waals surface area (Å²) in [5, 5.41) is 25.4. The fourth-order valence-corrected chi connectivity index (χ4v) is 6.44. The Morgan fingerprint density at radius 3 is 2.59 bits per heavy atom. The molecule has 1 saturated heterocycles. The summed E-state index contributed by atoms with van der Waals surface area (Å²) in [6.07, 6.45) is 8.70. The van der Waals surface area contributed by atoms with Gasteiger partial charge in [-0.3, -0.25) is 9.59 Å². The second-order valence-electron chi connectivity index (χ2n) is 13.7. The molecule has 5 atom stereocenters. The van der Waals surface area contributed by atoms with E-state index in [4.69, 9.17) is 14.9 Å². The Kier molecular flexibility index (Phi) is 9.83. The van der Waals surface area contributed by atoms with Crippen LogP contribution < -0.4 is 10.6 Å². The highest BCUT2D eigenvalue weighted by Crippen LogP contribution is 2.45. The summed E-state index contributed by atoms with van der Waals surface area (Å²) in [4.78, 5) is 56.6. The lowest BCUT2D eigenvalue weighted by atomic mass is 10.0. The maximum absolute atomic E-state index is 14.3. The quantitative estimate of drug-likeness (QED) is 0.395. The van der Waals surface area contributed by atoms with Gasteiger partial charge >= 0.3 is 12.1 Å². The molecule has 3 amide bonds. The van der Waals surface area contributed by atoms with Crippen LogP contribution in [0, 0.1) is 5.92 Å². The molecule has 1 aromatic heterocycles. The molecule has 3 N–H and O–H groups in total. The number of aryl methyl sites for hydroxylation is 1. The number of allylic oxidation sites excluding steroid dienone is 1. The predicted molar refractivity (Wildman–Crippen MR) is 171 cm³/mol. The van der Waals surface area contributed by atoms with Gasteiger partial charge < -0.3 is 25.4 Å². The van der Waals surface area contributed by atoms with E-state index in [1.54, 1.807) is 25.6 Å². The molecule has 1 saturated carbocycles. The lowest BCUT2D eigenvalue weighted by Gasteiger charge is -2.30. The molecule has 4 unspecified atom stereocenters. The summed E-state index contributed by atoms with van der Waals surface area (Å²) in [6.45, 7) is 7.45. The van der Waals surface area contributed by atoms with Gasteiger partial charge in [0.25, 0.3) is 0 Å². The largest absolute Gasteiger partial charge is 0.479 e. The van der Waals surface area contributed by atoms with Gasteiger partial charge in [0.1, 0.15) is 28.9 Å². The summed E-state index contributed by atoms with van der Waals surface area (Å²) in [5.41, 5.74) is 0.343. The summed E-state index contributed by atoms with van der Waals surface area (Å²) in [6, 6.07) is 7.42. The summed E-state index contributed by atoms with van der Waals surface area (Å²) in [7, 11) is 0. The van der Waals surface area contributed by atoms with Gasteiger partial charge in [-0.1, -0.05) is 68.7 Å². The number of carboxylic acid groups (broad SMARTS) is 1. The Hall–Kier alpha value is -4.22. The van der Waals surface area contributed by atoms with Crippen LogP contribution in [0.25, 0.3) is 11.3 Å². The Morgan fingerprint density at radius 1 is 1.13 bits per heavy atom. The number of carbonyl (C=O) groups excluding carboxylic acids is 3. The minimum Gasteiger partial charge on any atom is -0.479 e. The second-order valence-corrected chi connectivity index (χ2v) is 13.7. The predicted octanol–water partition coefficient (Wildman–Crippen LogP) is 4.41. The topological polar surface area (TPSA) is 156 Å². The number of amides is 3. The normalized spacial score (nSPS) is 27.8. The number of nitrogens with zero attached hydrogens (tertiary/aromatic N) is 4. The van der Waals surface area contributed by atoms with E-state index in [1.165, 1.54) is 4.90 Å². The van der Waals surface area contributed by atoms with E-state index in [0.717, 1.165) is 42.6 Å². The number of hydrogen-bond acceptors (Lipinski definition) is 7. The fourth-order valence-electron chi connectivity index (χ4n) is 6.44. The number of carbonyl (C=O) groups is 4. The van der Waals surface area contributed by atoms with Crippen LogP contribution in [0.5, 0.6) is 0 Å². The molecule has 3 heterocycles. The zero-order chi connectivity index (χ0) is 33.1. The molecule has 5 rings (SSSR count). The summed E-state index contributed by atoms with van der Waals surface area (Å²) >= 11 is 0. The molecule has 1 aromatic carbocycles. The van der Waals surface area contributed by atoms with Crippen LogP contribution in [-0.4, -0.2) is 78.6 Å². The van der Waals surface area contributed by atoms with Crippen molar-refractivity contribution in [3.05, 3.63) is 48.2 Å². The third-order valence-electron chi connectivity index (χ3n) is 8.89. The molecule has 12 heteroatoms. The van der Waals surface area contributed by atoms with E-state index in [1.807, 2.05) is 42.5 Å². The van der Waals surface area contributed by atoms with Crippen molar-refractivity contribution in [3.63, 3.8) is 0 Å². The minimum absolute atomic E-state index is 0.126. The van der Waals surface area contributed by atoms with Crippen molar-refractivity contribution in [2.45, 2.75) is 115 Å². The number of benzene rings is 1. The van der Waals surface area contributed by atoms with Gasteiger partial charge in [0.2, 0.25) is 11.8 Å². The molecular weight excluding hydrogens is 588 g/mol. The maximum atomic E-state index is 14.3. The van der Waals surface area contributed by atoms with Crippen LogP contribution in [0.1, 0.15) is 90.8 Å². The molecule has 0 spiro atoms. The molecule has 3 aliphatic rings. The van der Waals surface area contributed by atoms with E-state index < -0.39 is 53.1 Å². The number of hydrogen-bond donors (Lipinski definition) is 3. The van der Waals surface area contributed by atoms with Gasteiger partial charge in [0.15, 0.2) is 0 Å². The number of rotatable bonds is 6. The Bertz CT molecular complexity index is 1470. The number of alkyl carbamates (subject to hydrolysis) is 1. The zero-order valence-corrected chi connectivity index (χ0v) is 27.2. The zero-order valence-electron chi connectivity index (χ0n) is 27.2. The first-order chi connectivity index (χ1) is 21.9. The molecule has 2 aromatic rings. The molecule has 0 radical (unpaired) electrons. The van der Waals surface area contributed by atoms with Crippen molar-refractivity contribution < 1.29 is 29.0 Å². The SMILES string of the molecule is CCCc1nn([C@@H]2CC3C(=O)NC4(C(=O)O)CC4/C=C\CCCCCC(NC(=O)OC(C)(C)C)C(=O)N3C2)nc1-c1ccccc1. The van der Waals surface area contributed by atoms with Crippen LogP contribution in [0.15, 0.2) is 42.5 Å². The van der Waals surface area contributed by atoms with Crippen LogP contribution in [0.3, 0.4) is 0 Å². The molecule has 2 fully saturated rings. The fraction of sp³-hybridized carbons (Fsp3) is 0.588.